The number of hydrogen-bond acceptors (Lipinski definition) is 2. The Morgan fingerprint density at radius 1 is 1.43 bits per heavy atom. The third-order valence-electron chi connectivity index (χ3n) is 4.07. The highest BCUT2D eigenvalue weighted by Gasteiger charge is 2.32. The maximum atomic E-state index is 14.0. The van der Waals surface area contributed by atoms with Crippen LogP contribution in [0.1, 0.15) is 31.9 Å². The van der Waals surface area contributed by atoms with Gasteiger partial charge in [0.25, 0.3) is 0 Å². The Hall–Kier alpha value is -1.63. The monoisotopic (exact) mass is 386 g/mol. The van der Waals surface area contributed by atoms with Gasteiger partial charge in [-0.2, -0.15) is 0 Å². The molecule has 1 aromatic carbocycles. The van der Waals surface area contributed by atoms with E-state index in [0.29, 0.717) is 23.0 Å². The van der Waals surface area contributed by atoms with Crippen LogP contribution in [0.25, 0.3) is 0 Å². The molecule has 1 aliphatic heterocycles. The Morgan fingerprint density at radius 3 is 2.74 bits per heavy atom. The van der Waals surface area contributed by atoms with Gasteiger partial charge in [-0.15, -0.1) is 0 Å². The lowest BCUT2D eigenvalue weighted by atomic mass is 9.91. The first kappa shape index (κ1) is 17.7. The van der Waals surface area contributed by atoms with Crippen LogP contribution in [0.2, 0.25) is 0 Å². The molecule has 3 unspecified atom stereocenters. The van der Waals surface area contributed by atoms with Gasteiger partial charge in [-0.05, 0) is 31.4 Å². The summed E-state index contributed by atoms with van der Waals surface area (Å²) in [6, 6.07) is 3.81. The van der Waals surface area contributed by atoms with Gasteiger partial charge in [-0.25, -0.2) is 9.18 Å². The molecule has 1 aromatic rings. The summed E-state index contributed by atoms with van der Waals surface area (Å²) in [5.74, 6) is -1.72. The number of carboxylic acid groups (broad SMARTS) is 1. The van der Waals surface area contributed by atoms with Gasteiger partial charge in [0.2, 0.25) is 0 Å². The molecule has 1 heterocycles. The van der Waals surface area contributed by atoms with Crippen molar-refractivity contribution >= 4 is 27.9 Å². The Labute approximate surface area is 143 Å². The zero-order valence-corrected chi connectivity index (χ0v) is 14.6. The van der Waals surface area contributed by atoms with Gasteiger partial charge in [0.1, 0.15) is 5.82 Å². The van der Waals surface area contributed by atoms with Gasteiger partial charge in [0.05, 0.1) is 12.0 Å². The number of hydrogen-bond donors (Lipinski definition) is 2. The molecule has 5 nitrogen and oxygen atoms in total. The van der Waals surface area contributed by atoms with E-state index in [1.165, 1.54) is 11.0 Å². The predicted octanol–water partition coefficient (Wildman–Crippen LogP) is 3.40. The van der Waals surface area contributed by atoms with E-state index in [4.69, 9.17) is 5.11 Å². The second-order valence-corrected chi connectivity index (χ2v) is 7.03. The maximum Gasteiger partial charge on any atom is 0.317 e. The summed E-state index contributed by atoms with van der Waals surface area (Å²) in [7, 11) is 0. The van der Waals surface area contributed by atoms with Crippen molar-refractivity contribution < 1.29 is 19.1 Å². The molecule has 7 heteroatoms. The number of aliphatic carboxylic acids is 1. The summed E-state index contributed by atoms with van der Waals surface area (Å²) < 4.78 is 14.6. The number of carboxylic acids is 1. The molecule has 23 heavy (non-hydrogen) atoms. The molecule has 0 saturated carbocycles. The third kappa shape index (κ3) is 4.43. The quantitative estimate of drug-likeness (QED) is 0.835. The van der Waals surface area contributed by atoms with Crippen molar-refractivity contribution in [1.82, 2.24) is 10.2 Å². The Kier molecular flexibility index (Phi) is 5.62. The third-order valence-corrected chi connectivity index (χ3v) is 4.56. The largest absolute Gasteiger partial charge is 0.481 e. The SMILES string of the molecule is CC1CC(C(=O)O)CN(C(=O)NC(C)c2ccc(Br)cc2F)C1. The second kappa shape index (κ2) is 7.29. The van der Waals surface area contributed by atoms with Crippen LogP contribution in [0.4, 0.5) is 9.18 Å². The van der Waals surface area contributed by atoms with Crippen molar-refractivity contribution in [3.05, 3.63) is 34.1 Å². The normalized spacial score (nSPS) is 22.5. The summed E-state index contributed by atoms with van der Waals surface area (Å²) in [6.45, 7) is 4.31. The van der Waals surface area contributed by atoms with Gasteiger partial charge < -0.3 is 15.3 Å². The molecule has 0 radical (unpaired) electrons. The first-order valence-corrected chi connectivity index (χ1v) is 8.30. The zero-order valence-electron chi connectivity index (χ0n) is 13.1. The van der Waals surface area contributed by atoms with Crippen LogP contribution in [0.5, 0.6) is 0 Å². The molecule has 1 fully saturated rings. The van der Waals surface area contributed by atoms with Gasteiger partial charge in [0, 0.05) is 23.1 Å². The first-order chi connectivity index (χ1) is 10.8. The highest BCUT2D eigenvalue weighted by atomic mass is 79.9. The smallest absolute Gasteiger partial charge is 0.317 e. The number of urea groups is 1. The lowest BCUT2D eigenvalue weighted by Crippen LogP contribution is -2.50. The Morgan fingerprint density at radius 2 is 2.13 bits per heavy atom. The highest BCUT2D eigenvalue weighted by Crippen LogP contribution is 2.24. The van der Waals surface area contributed by atoms with Crippen molar-refractivity contribution in [2.75, 3.05) is 13.1 Å². The number of nitrogens with zero attached hydrogens (tertiary/aromatic N) is 1. The van der Waals surface area contributed by atoms with E-state index >= 15 is 0 Å². The Bertz CT molecular complexity index is 611. The van der Waals surface area contributed by atoms with E-state index in [1.807, 2.05) is 6.92 Å². The van der Waals surface area contributed by atoms with E-state index in [9.17, 15) is 14.0 Å². The lowest BCUT2D eigenvalue weighted by Gasteiger charge is -2.35. The molecule has 0 bridgehead atoms. The molecule has 2 N–H and O–H groups in total. The number of likely N-dealkylation sites (tertiary alicyclic amines) is 1. The molecule has 1 aliphatic rings. The average Bonchev–Trinajstić information content (AvgIpc) is 2.46. The van der Waals surface area contributed by atoms with E-state index < -0.39 is 23.7 Å². The fourth-order valence-electron chi connectivity index (χ4n) is 2.90. The van der Waals surface area contributed by atoms with Crippen LogP contribution < -0.4 is 5.32 Å². The van der Waals surface area contributed by atoms with E-state index in [0.717, 1.165) is 0 Å². The topological polar surface area (TPSA) is 69.6 Å². The number of piperidine rings is 1. The summed E-state index contributed by atoms with van der Waals surface area (Å²) in [4.78, 5) is 25.0. The molecular weight excluding hydrogens is 367 g/mol. The summed E-state index contributed by atoms with van der Waals surface area (Å²) in [5, 5.41) is 11.9. The van der Waals surface area contributed by atoms with Gasteiger partial charge >= 0.3 is 12.0 Å². The number of carbonyl (C=O) groups is 2. The van der Waals surface area contributed by atoms with Gasteiger partial charge in [-0.1, -0.05) is 28.9 Å². The number of rotatable bonds is 3. The standard InChI is InChI=1S/C16H20BrFN2O3/c1-9-5-11(15(21)22)8-20(7-9)16(23)19-10(2)13-4-3-12(17)6-14(13)18/h3-4,6,9-11H,5,7-8H2,1-2H3,(H,19,23)(H,21,22). The van der Waals surface area contributed by atoms with Crippen LogP contribution in [0.15, 0.2) is 22.7 Å². The fourth-order valence-corrected chi connectivity index (χ4v) is 3.24. The molecule has 0 aliphatic carbocycles. The molecule has 0 aromatic heterocycles. The van der Waals surface area contributed by atoms with Crippen molar-refractivity contribution in [3.63, 3.8) is 0 Å². The average molecular weight is 387 g/mol. The van der Waals surface area contributed by atoms with Crippen LogP contribution in [-0.2, 0) is 4.79 Å². The van der Waals surface area contributed by atoms with Crippen LogP contribution in [0.3, 0.4) is 0 Å². The van der Waals surface area contributed by atoms with E-state index in [2.05, 4.69) is 21.2 Å². The summed E-state index contributed by atoms with van der Waals surface area (Å²) >= 11 is 3.19. The summed E-state index contributed by atoms with van der Waals surface area (Å²) in [5.41, 5.74) is 0.390. The van der Waals surface area contributed by atoms with Crippen molar-refractivity contribution in [2.45, 2.75) is 26.3 Å². The fraction of sp³-hybridized carbons (Fsp3) is 0.500. The first-order valence-electron chi connectivity index (χ1n) is 7.51. The highest BCUT2D eigenvalue weighted by molar-refractivity contribution is 9.10. The maximum absolute atomic E-state index is 14.0. The van der Waals surface area contributed by atoms with E-state index in [1.54, 1.807) is 19.1 Å². The molecule has 1 saturated heterocycles. The minimum atomic E-state index is -0.888. The molecule has 126 valence electrons. The molecule has 2 amide bonds. The summed E-state index contributed by atoms with van der Waals surface area (Å²) in [6.07, 6.45) is 0.565. The molecular formula is C16H20BrFN2O3. The van der Waals surface area contributed by atoms with Crippen LogP contribution in [-0.4, -0.2) is 35.1 Å². The van der Waals surface area contributed by atoms with Crippen molar-refractivity contribution in [3.8, 4) is 0 Å². The number of carbonyl (C=O) groups excluding carboxylic acids is 1. The number of amides is 2. The van der Waals surface area contributed by atoms with Crippen molar-refractivity contribution in [1.29, 1.82) is 0 Å². The van der Waals surface area contributed by atoms with Gasteiger partial charge in [-0.3, -0.25) is 4.79 Å². The zero-order chi connectivity index (χ0) is 17.1. The minimum absolute atomic E-state index is 0.121. The lowest BCUT2D eigenvalue weighted by molar-refractivity contribution is -0.143. The minimum Gasteiger partial charge on any atom is -0.481 e. The number of nitrogens with one attached hydrogen (secondary N) is 1. The van der Waals surface area contributed by atoms with Crippen LogP contribution >= 0.6 is 15.9 Å². The van der Waals surface area contributed by atoms with Gasteiger partial charge in [0.15, 0.2) is 0 Å². The number of halogens is 2. The van der Waals surface area contributed by atoms with Crippen LogP contribution in [0, 0.1) is 17.7 Å². The molecule has 3 atom stereocenters. The second-order valence-electron chi connectivity index (χ2n) is 6.12. The van der Waals surface area contributed by atoms with E-state index in [-0.39, 0.29) is 18.5 Å². The van der Waals surface area contributed by atoms with Crippen molar-refractivity contribution in [2.24, 2.45) is 11.8 Å². The molecule has 2 rings (SSSR count). The Balaban J connectivity index is 2.04. The number of benzene rings is 1. The molecule has 0 spiro atoms. The predicted molar refractivity (Wildman–Crippen MR) is 87.5 cm³/mol.